The Morgan fingerprint density at radius 1 is 1.28 bits per heavy atom. The molecule has 0 radical (unpaired) electrons. The lowest BCUT2D eigenvalue weighted by atomic mass is 9.90. The first kappa shape index (κ1) is 13.1. The molecule has 1 aromatic carbocycles. The first-order chi connectivity index (χ1) is 8.38. The molecule has 1 heterocycles. The van der Waals surface area contributed by atoms with E-state index in [1.165, 1.54) is 0 Å². The van der Waals surface area contributed by atoms with Gasteiger partial charge < -0.3 is 15.1 Å². The lowest BCUT2D eigenvalue weighted by Gasteiger charge is -2.26. The standard InChI is InChI=1S/C14H19NO3/c1-9(2)15-12-7-5-4-6-11(12)14(18,13(15)17)8-10(3)16/h4-7,9-10,16,18H,8H2,1-3H3/t10-,14-/m1/s1. The van der Waals surface area contributed by atoms with Crippen LogP contribution in [0.4, 0.5) is 5.69 Å². The number of nitrogens with zero attached hydrogens (tertiary/aromatic N) is 1. The maximum absolute atomic E-state index is 12.4. The number of carbonyl (C=O) groups excluding carboxylic acids is 1. The van der Waals surface area contributed by atoms with Gasteiger partial charge in [0.05, 0.1) is 11.8 Å². The van der Waals surface area contributed by atoms with Gasteiger partial charge in [0.15, 0.2) is 5.60 Å². The summed E-state index contributed by atoms with van der Waals surface area (Å²) in [6.45, 7) is 5.39. The Morgan fingerprint density at radius 3 is 2.44 bits per heavy atom. The van der Waals surface area contributed by atoms with Gasteiger partial charge >= 0.3 is 0 Å². The number of rotatable bonds is 3. The van der Waals surface area contributed by atoms with E-state index in [0.29, 0.717) is 5.56 Å². The number of benzene rings is 1. The lowest BCUT2D eigenvalue weighted by molar-refractivity contribution is -0.139. The second-order valence-electron chi connectivity index (χ2n) is 5.20. The number of aliphatic hydroxyl groups is 2. The van der Waals surface area contributed by atoms with Crippen LogP contribution in [0, 0.1) is 0 Å². The topological polar surface area (TPSA) is 60.8 Å². The molecule has 1 aliphatic rings. The fourth-order valence-electron chi connectivity index (χ4n) is 2.59. The second-order valence-corrected chi connectivity index (χ2v) is 5.20. The molecule has 0 saturated carbocycles. The van der Waals surface area contributed by atoms with Crippen LogP contribution >= 0.6 is 0 Å². The maximum Gasteiger partial charge on any atom is 0.264 e. The highest BCUT2D eigenvalue weighted by molar-refractivity contribution is 6.07. The summed E-state index contributed by atoms with van der Waals surface area (Å²) in [6.07, 6.45) is -0.717. The molecule has 1 amide bonds. The summed E-state index contributed by atoms with van der Waals surface area (Å²) in [5, 5.41) is 20.2. The van der Waals surface area contributed by atoms with E-state index in [9.17, 15) is 15.0 Å². The minimum Gasteiger partial charge on any atom is -0.393 e. The number of anilines is 1. The predicted molar refractivity (Wildman–Crippen MR) is 69.3 cm³/mol. The molecule has 2 atom stereocenters. The van der Waals surface area contributed by atoms with Crippen molar-refractivity contribution in [2.75, 3.05) is 4.90 Å². The molecule has 0 aromatic heterocycles. The third-order valence-electron chi connectivity index (χ3n) is 3.29. The van der Waals surface area contributed by atoms with Crippen LogP contribution in [0.5, 0.6) is 0 Å². The van der Waals surface area contributed by atoms with Crippen molar-refractivity contribution in [2.24, 2.45) is 0 Å². The number of hydrogen-bond donors (Lipinski definition) is 2. The highest BCUT2D eigenvalue weighted by atomic mass is 16.3. The van der Waals surface area contributed by atoms with Gasteiger partial charge in [-0.15, -0.1) is 0 Å². The first-order valence-corrected chi connectivity index (χ1v) is 6.21. The Kier molecular flexibility index (Phi) is 3.17. The predicted octanol–water partition coefficient (Wildman–Crippen LogP) is 1.40. The number of fused-ring (bicyclic) bond motifs is 1. The van der Waals surface area contributed by atoms with E-state index in [1.54, 1.807) is 24.0 Å². The van der Waals surface area contributed by atoms with Gasteiger partial charge in [-0.2, -0.15) is 0 Å². The van der Waals surface area contributed by atoms with E-state index in [1.807, 2.05) is 26.0 Å². The summed E-state index contributed by atoms with van der Waals surface area (Å²) in [5.41, 5.74) is -0.278. The summed E-state index contributed by atoms with van der Waals surface area (Å²) in [5.74, 6) is -0.348. The molecule has 0 unspecified atom stereocenters. The summed E-state index contributed by atoms with van der Waals surface area (Å²) >= 11 is 0. The van der Waals surface area contributed by atoms with Crippen molar-refractivity contribution in [2.45, 2.75) is 44.9 Å². The van der Waals surface area contributed by atoms with Gasteiger partial charge in [0.1, 0.15) is 0 Å². The average Bonchev–Trinajstić information content (AvgIpc) is 2.48. The Bertz CT molecular complexity index is 470. The molecule has 18 heavy (non-hydrogen) atoms. The molecule has 4 nitrogen and oxygen atoms in total. The zero-order valence-corrected chi connectivity index (χ0v) is 10.9. The molecule has 0 saturated heterocycles. The van der Waals surface area contributed by atoms with Crippen LogP contribution in [-0.4, -0.2) is 28.3 Å². The SMILES string of the molecule is CC(C)N1C(=O)[C@@](O)(C[C@@H](C)O)c2ccccc21. The summed E-state index contributed by atoms with van der Waals surface area (Å²) < 4.78 is 0. The number of amides is 1. The molecule has 2 N–H and O–H groups in total. The van der Waals surface area contributed by atoms with Gasteiger partial charge in [-0.3, -0.25) is 4.79 Å². The molecular weight excluding hydrogens is 230 g/mol. The van der Waals surface area contributed by atoms with E-state index in [0.717, 1.165) is 5.69 Å². The van der Waals surface area contributed by atoms with Gasteiger partial charge in [-0.25, -0.2) is 0 Å². The van der Waals surface area contributed by atoms with E-state index in [4.69, 9.17) is 0 Å². The van der Waals surface area contributed by atoms with Gasteiger partial charge in [0.2, 0.25) is 0 Å². The quantitative estimate of drug-likeness (QED) is 0.851. The largest absolute Gasteiger partial charge is 0.393 e. The summed E-state index contributed by atoms with van der Waals surface area (Å²) in [6, 6.07) is 7.19. The van der Waals surface area contributed by atoms with Crippen molar-refractivity contribution in [3.05, 3.63) is 29.8 Å². The number of hydrogen-bond acceptors (Lipinski definition) is 3. The van der Waals surface area contributed by atoms with Crippen LogP contribution in [-0.2, 0) is 10.4 Å². The van der Waals surface area contributed by atoms with Gasteiger partial charge in [-0.1, -0.05) is 18.2 Å². The van der Waals surface area contributed by atoms with Crippen LogP contribution in [0.3, 0.4) is 0 Å². The summed E-state index contributed by atoms with van der Waals surface area (Å²) in [7, 11) is 0. The van der Waals surface area contributed by atoms with Crippen LogP contribution < -0.4 is 4.90 Å². The highest BCUT2D eigenvalue weighted by Gasteiger charge is 2.50. The first-order valence-electron chi connectivity index (χ1n) is 6.21. The summed E-state index contributed by atoms with van der Waals surface area (Å²) in [4.78, 5) is 14.0. The zero-order chi connectivity index (χ0) is 13.5. The highest BCUT2D eigenvalue weighted by Crippen LogP contribution is 2.43. The smallest absolute Gasteiger partial charge is 0.264 e. The average molecular weight is 249 g/mol. The Labute approximate surface area is 107 Å². The molecule has 1 aliphatic heterocycles. The monoisotopic (exact) mass is 249 g/mol. The van der Waals surface area contributed by atoms with E-state index < -0.39 is 11.7 Å². The maximum atomic E-state index is 12.4. The molecule has 0 bridgehead atoms. The fraction of sp³-hybridized carbons (Fsp3) is 0.500. The molecule has 0 spiro atoms. The normalized spacial score (nSPS) is 24.6. The van der Waals surface area contributed by atoms with Gasteiger partial charge in [0, 0.05) is 18.0 Å². The van der Waals surface area contributed by atoms with Crippen molar-refractivity contribution < 1.29 is 15.0 Å². The van der Waals surface area contributed by atoms with Crippen molar-refractivity contribution >= 4 is 11.6 Å². The van der Waals surface area contributed by atoms with Crippen LogP contribution in [0.1, 0.15) is 32.8 Å². The molecule has 4 heteroatoms. The molecule has 2 rings (SSSR count). The molecule has 98 valence electrons. The van der Waals surface area contributed by atoms with Gasteiger partial charge in [-0.05, 0) is 26.8 Å². The van der Waals surface area contributed by atoms with E-state index in [2.05, 4.69) is 0 Å². The second kappa shape index (κ2) is 4.37. The Balaban J connectivity index is 2.54. The minimum atomic E-state index is -1.60. The lowest BCUT2D eigenvalue weighted by Crippen LogP contribution is -2.44. The van der Waals surface area contributed by atoms with Crippen LogP contribution in [0.2, 0.25) is 0 Å². The fourth-order valence-corrected chi connectivity index (χ4v) is 2.59. The van der Waals surface area contributed by atoms with Crippen molar-refractivity contribution in [3.63, 3.8) is 0 Å². The number of aliphatic hydroxyl groups excluding tert-OH is 1. The van der Waals surface area contributed by atoms with Crippen molar-refractivity contribution in [1.82, 2.24) is 0 Å². The van der Waals surface area contributed by atoms with Crippen molar-refractivity contribution in [3.8, 4) is 0 Å². The Morgan fingerprint density at radius 2 is 1.89 bits per heavy atom. The molecule has 1 aromatic rings. The van der Waals surface area contributed by atoms with Crippen LogP contribution in [0.15, 0.2) is 24.3 Å². The molecule has 0 aliphatic carbocycles. The third kappa shape index (κ3) is 1.82. The van der Waals surface area contributed by atoms with E-state index >= 15 is 0 Å². The van der Waals surface area contributed by atoms with Crippen molar-refractivity contribution in [1.29, 1.82) is 0 Å². The molecular formula is C14H19NO3. The number of para-hydroxylation sites is 1. The van der Waals surface area contributed by atoms with Gasteiger partial charge in [0.25, 0.3) is 5.91 Å². The minimum absolute atomic E-state index is 0.0199. The third-order valence-corrected chi connectivity index (χ3v) is 3.29. The van der Waals surface area contributed by atoms with E-state index in [-0.39, 0.29) is 18.4 Å². The Hall–Kier alpha value is -1.39. The molecule has 0 fully saturated rings. The van der Waals surface area contributed by atoms with Crippen LogP contribution in [0.25, 0.3) is 0 Å². The number of carbonyl (C=O) groups is 1. The zero-order valence-electron chi connectivity index (χ0n) is 10.9.